The van der Waals surface area contributed by atoms with Crippen molar-refractivity contribution in [2.45, 2.75) is 33.2 Å². The quantitative estimate of drug-likeness (QED) is 0.809. The van der Waals surface area contributed by atoms with E-state index in [9.17, 15) is 4.79 Å². The highest BCUT2D eigenvalue weighted by molar-refractivity contribution is 7.11. The van der Waals surface area contributed by atoms with Gasteiger partial charge in [-0.3, -0.25) is 4.79 Å². The van der Waals surface area contributed by atoms with Crippen molar-refractivity contribution < 1.29 is 4.79 Å². The molecule has 112 valence electrons. The first-order valence-electron chi connectivity index (χ1n) is 7.42. The van der Waals surface area contributed by atoms with E-state index in [1.807, 2.05) is 24.3 Å². The molecule has 0 unspecified atom stereocenters. The first kappa shape index (κ1) is 15.6. The Hall–Kier alpha value is -1.81. The minimum atomic E-state index is -0.0245. The molecular formula is C17H22N2OS. The summed E-state index contributed by atoms with van der Waals surface area (Å²) in [4.78, 5) is 14.6. The Morgan fingerprint density at radius 2 is 1.76 bits per heavy atom. The van der Waals surface area contributed by atoms with Crippen molar-refractivity contribution in [2.75, 3.05) is 11.9 Å². The van der Waals surface area contributed by atoms with Gasteiger partial charge in [0, 0.05) is 27.5 Å². The number of anilines is 1. The molecule has 0 fully saturated rings. The van der Waals surface area contributed by atoms with Crippen LogP contribution in [0.4, 0.5) is 5.69 Å². The second kappa shape index (κ2) is 7.84. The van der Waals surface area contributed by atoms with Crippen LogP contribution in [-0.4, -0.2) is 12.5 Å². The van der Waals surface area contributed by atoms with Gasteiger partial charge in [0.1, 0.15) is 0 Å². The number of aryl methyl sites for hydroxylation is 1. The Balaban J connectivity index is 1.87. The molecule has 1 amide bonds. The highest BCUT2D eigenvalue weighted by Crippen LogP contribution is 2.17. The number of hydrogen-bond donors (Lipinski definition) is 2. The van der Waals surface area contributed by atoms with Gasteiger partial charge in [0.2, 0.25) is 0 Å². The summed E-state index contributed by atoms with van der Waals surface area (Å²) < 4.78 is 0. The molecule has 3 nitrogen and oxygen atoms in total. The smallest absolute Gasteiger partial charge is 0.251 e. The van der Waals surface area contributed by atoms with Crippen LogP contribution in [0, 0.1) is 0 Å². The second-order valence-electron chi connectivity index (χ2n) is 4.91. The molecule has 2 N–H and O–H groups in total. The highest BCUT2D eigenvalue weighted by Gasteiger charge is 2.06. The van der Waals surface area contributed by atoms with Crippen LogP contribution in [0.3, 0.4) is 0 Å². The summed E-state index contributed by atoms with van der Waals surface area (Å²) in [7, 11) is 0. The first-order valence-corrected chi connectivity index (χ1v) is 8.24. The minimum absolute atomic E-state index is 0.0245. The van der Waals surface area contributed by atoms with Crippen molar-refractivity contribution in [3.05, 3.63) is 51.7 Å². The Labute approximate surface area is 130 Å². The number of thiophene rings is 1. The third-order valence-corrected chi connectivity index (χ3v) is 4.44. The number of nitrogens with one attached hydrogen (secondary N) is 2. The summed E-state index contributed by atoms with van der Waals surface area (Å²) in [5.41, 5.74) is 1.75. The zero-order valence-corrected chi connectivity index (χ0v) is 13.4. The summed E-state index contributed by atoms with van der Waals surface area (Å²) in [5.74, 6) is -0.0245. The SMILES string of the molecule is CCCNc1ccc(C(=O)NCc2ccc(CC)s2)cc1. The number of rotatable bonds is 7. The highest BCUT2D eigenvalue weighted by atomic mass is 32.1. The molecule has 21 heavy (non-hydrogen) atoms. The van der Waals surface area contributed by atoms with E-state index >= 15 is 0 Å². The van der Waals surface area contributed by atoms with Gasteiger partial charge in [-0.1, -0.05) is 13.8 Å². The zero-order chi connectivity index (χ0) is 15.1. The average molecular weight is 302 g/mol. The van der Waals surface area contributed by atoms with E-state index in [0.717, 1.165) is 25.1 Å². The van der Waals surface area contributed by atoms with E-state index in [4.69, 9.17) is 0 Å². The Morgan fingerprint density at radius 1 is 1.05 bits per heavy atom. The molecule has 0 saturated carbocycles. The summed E-state index contributed by atoms with van der Waals surface area (Å²) in [6.07, 6.45) is 2.13. The molecule has 0 aliphatic rings. The monoisotopic (exact) mass is 302 g/mol. The van der Waals surface area contributed by atoms with Crippen LogP contribution in [0.25, 0.3) is 0 Å². The van der Waals surface area contributed by atoms with E-state index < -0.39 is 0 Å². The topological polar surface area (TPSA) is 41.1 Å². The van der Waals surface area contributed by atoms with Gasteiger partial charge in [0.15, 0.2) is 0 Å². The van der Waals surface area contributed by atoms with Gasteiger partial charge in [-0.15, -0.1) is 11.3 Å². The first-order chi connectivity index (χ1) is 10.2. The number of amides is 1. The lowest BCUT2D eigenvalue weighted by atomic mass is 10.2. The van der Waals surface area contributed by atoms with Gasteiger partial charge in [-0.05, 0) is 49.2 Å². The van der Waals surface area contributed by atoms with E-state index in [1.165, 1.54) is 9.75 Å². The van der Waals surface area contributed by atoms with Crippen molar-refractivity contribution in [2.24, 2.45) is 0 Å². The lowest BCUT2D eigenvalue weighted by Crippen LogP contribution is -2.22. The van der Waals surface area contributed by atoms with Crippen molar-refractivity contribution in [1.29, 1.82) is 0 Å². The summed E-state index contributed by atoms with van der Waals surface area (Å²) in [6.45, 7) is 5.81. The Kier molecular flexibility index (Phi) is 5.81. The molecule has 0 radical (unpaired) electrons. The maximum Gasteiger partial charge on any atom is 0.251 e. The average Bonchev–Trinajstić information content (AvgIpc) is 2.99. The van der Waals surface area contributed by atoms with Gasteiger partial charge in [-0.2, -0.15) is 0 Å². The van der Waals surface area contributed by atoms with Crippen molar-refractivity contribution in [3.8, 4) is 0 Å². The number of carbonyl (C=O) groups excluding carboxylic acids is 1. The number of benzene rings is 1. The molecule has 2 rings (SSSR count). The van der Waals surface area contributed by atoms with Gasteiger partial charge in [0.05, 0.1) is 6.54 Å². The summed E-state index contributed by atoms with van der Waals surface area (Å²) in [5, 5.41) is 6.26. The van der Waals surface area contributed by atoms with Crippen LogP contribution in [0.15, 0.2) is 36.4 Å². The van der Waals surface area contributed by atoms with Gasteiger partial charge in [0.25, 0.3) is 5.91 Å². The summed E-state index contributed by atoms with van der Waals surface area (Å²) in [6, 6.07) is 11.8. The van der Waals surface area contributed by atoms with E-state index in [1.54, 1.807) is 11.3 Å². The van der Waals surface area contributed by atoms with Gasteiger partial charge >= 0.3 is 0 Å². The molecule has 0 aliphatic carbocycles. The van der Waals surface area contributed by atoms with Crippen molar-refractivity contribution >= 4 is 22.9 Å². The standard InChI is InChI=1S/C17H22N2OS/c1-3-11-18-14-7-5-13(6-8-14)17(20)19-12-16-10-9-15(4-2)21-16/h5-10,18H,3-4,11-12H2,1-2H3,(H,19,20). The fourth-order valence-corrected chi connectivity index (χ4v) is 2.88. The van der Waals surface area contributed by atoms with Crippen molar-refractivity contribution in [3.63, 3.8) is 0 Å². The zero-order valence-electron chi connectivity index (χ0n) is 12.6. The summed E-state index contributed by atoms with van der Waals surface area (Å²) >= 11 is 1.76. The minimum Gasteiger partial charge on any atom is -0.385 e. The Morgan fingerprint density at radius 3 is 2.38 bits per heavy atom. The van der Waals surface area contributed by atoms with Gasteiger partial charge in [-0.25, -0.2) is 0 Å². The predicted octanol–water partition coefficient (Wildman–Crippen LogP) is 4.06. The molecule has 0 aliphatic heterocycles. The van der Waals surface area contributed by atoms with E-state index in [0.29, 0.717) is 12.1 Å². The lowest BCUT2D eigenvalue weighted by molar-refractivity contribution is 0.0951. The number of hydrogen-bond acceptors (Lipinski definition) is 3. The molecule has 0 spiro atoms. The van der Waals surface area contributed by atoms with Crippen LogP contribution in [0.5, 0.6) is 0 Å². The molecule has 0 bridgehead atoms. The predicted molar refractivity (Wildman–Crippen MR) is 90.1 cm³/mol. The van der Waals surface area contributed by atoms with Crippen LogP contribution in [0.2, 0.25) is 0 Å². The third-order valence-electron chi connectivity index (χ3n) is 3.22. The molecular weight excluding hydrogens is 280 g/mol. The Bertz CT molecular complexity index is 575. The molecule has 0 atom stereocenters. The molecule has 1 aromatic carbocycles. The molecule has 0 saturated heterocycles. The van der Waals surface area contributed by atoms with Crippen molar-refractivity contribution in [1.82, 2.24) is 5.32 Å². The fourth-order valence-electron chi connectivity index (χ4n) is 1.99. The maximum absolute atomic E-state index is 12.1. The van der Waals surface area contributed by atoms with Crippen LogP contribution >= 0.6 is 11.3 Å². The second-order valence-corrected chi connectivity index (χ2v) is 6.16. The largest absolute Gasteiger partial charge is 0.385 e. The molecule has 2 aromatic rings. The van der Waals surface area contributed by atoms with E-state index in [2.05, 4.69) is 36.6 Å². The molecule has 4 heteroatoms. The lowest BCUT2D eigenvalue weighted by Gasteiger charge is -2.07. The van der Waals surface area contributed by atoms with Crippen LogP contribution in [0.1, 0.15) is 40.4 Å². The molecule has 1 heterocycles. The van der Waals surface area contributed by atoms with Crippen LogP contribution in [-0.2, 0) is 13.0 Å². The maximum atomic E-state index is 12.1. The van der Waals surface area contributed by atoms with Crippen LogP contribution < -0.4 is 10.6 Å². The molecule has 1 aromatic heterocycles. The third kappa shape index (κ3) is 4.60. The van der Waals surface area contributed by atoms with E-state index in [-0.39, 0.29) is 5.91 Å². The normalized spacial score (nSPS) is 10.4. The fraction of sp³-hybridized carbons (Fsp3) is 0.353. The number of carbonyl (C=O) groups is 1. The van der Waals surface area contributed by atoms with Gasteiger partial charge < -0.3 is 10.6 Å².